The van der Waals surface area contributed by atoms with Crippen molar-refractivity contribution in [1.82, 2.24) is 19.1 Å². The van der Waals surface area contributed by atoms with Gasteiger partial charge in [-0.3, -0.25) is 14.3 Å². The molecule has 0 saturated heterocycles. The topological polar surface area (TPSA) is 106 Å². The molecule has 0 atom stereocenters. The summed E-state index contributed by atoms with van der Waals surface area (Å²) in [6.07, 6.45) is 3.70. The van der Waals surface area contributed by atoms with Crippen molar-refractivity contribution >= 4 is 22.8 Å². The highest BCUT2D eigenvalue weighted by atomic mass is 16.5. The first-order chi connectivity index (χ1) is 14.4. The van der Waals surface area contributed by atoms with Crippen LogP contribution in [0.2, 0.25) is 0 Å². The minimum absolute atomic E-state index is 0.322. The average Bonchev–Trinajstić information content (AvgIpc) is 3.12. The normalized spacial score (nSPS) is 11.8. The second-order valence-corrected chi connectivity index (χ2v) is 7.24. The molecular weight excluding hydrogens is 384 g/mol. The van der Waals surface area contributed by atoms with E-state index < -0.39 is 11.2 Å². The number of imidazole rings is 1. The largest absolute Gasteiger partial charge is 0.497 e. The minimum Gasteiger partial charge on any atom is -0.497 e. The molecule has 0 bridgehead atoms. The number of rotatable bonds is 9. The molecular formula is C21H28N6O3. The molecule has 0 spiro atoms. The molecule has 0 fully saturated rings. The van der Waals surface area contributed by atoms with E-state index in [-0.39, 0.29) is 0 Å². The molecule has 0 aliphatic carbocycles. The van der Waals surface area contributed by atoms with Gasteiger partial charge in [0, 0.05) is 19.3 Å². The Morgan fingerprint density at radius 3 is 2.67 bits per heavy atom. The fourth-order valence-electron chi connectivity index (χ4n) is 3.20. The standard InChI is InChI=1S/C21H28N6O3/c1-5-6-7-14(2)24-25-20-22-18-17(19(28)23-21(29)26(18)3)27(20)13-12-15-8-10-16(30-4)11-9-15/h8-11H,5-7,12-13H2,1-4H3,(H,22,25)(H,23,28,29). The van der Waals surface area contributed by atoms with Crippen LogP contribution in [0.3, 0.4) is 0 Å². The smallest absolute Gasteiger partial charge is 0.329 e. The molecule has 2 heterocycles. The molecule has 0 aliphatic heterocycles. The third kappa shape index (κ3) is 4.61. The molecule has 0 saturated carbocycles. The quantitative estimate of drug-likeness (QED) is 0.415. The number of unbranched alkanes of at least 4 members (excludes halogenated alkanes) is 1. The molecule has 2 N–H and O–H groups in total. The van der Waals surface area contributed by atoms with Gasteiger partial charge < -0.3 is 9.30 Å². The van der Waals surface area contributed by atoms with Crippen molar-refractivity contribution < 1.29 is 4.74 Å². The summed E-state index contributed by atoms with van der Waals surface area (Å²) in [5.41, 5.74) is 4.74. The van der Waals surface area contributed by atoms with E-state index in [1.165, 1.54) is 4.57 Å². The Bertz CT molecular complexity index is 1150. The summed E-state index contributed by atoms with van der Waals surface area (Å²) in [5.74, 6) is 1.22. The van der Waals surface area contributed by atoms with Crippen LogP contribution in [-0.2, 0) is 20.0 Å². The van der Waals surface area contributed by atoms with Gasteiger partial charge in [-0.15, -0.1) is 0 Å². The second-order valence-electron chi connectivity index (χ2n) is 7.24. The van der Waals surface area contributed by atoms with Crippen molar-refractivity contribution in [3.05, 3.63) is 50.7 Å². The molecule has 9 nitrogen and oxygen atoms in total. The van der Waals surface area contributed by atoms with Crippen molar-refractivity contribution in [2.45, 2.75) is 46.1 Å². The van der Waals surface area contributed by atoms with E-state index in [0.29, 0.717) is 30.1 Å². The van der Waals surface area contributed by atoms with Crippen LogP contribution in [0.25, 0.3) is 11.2 Å². The first-order valence-electron chi connectivity index (χ1n) is 10.1. The lowest BCUT2D eigenvalue weighted by Crippen LogP contribution is -2.29. The number of hydrazone groups is 1. The Morgan fingerprint density at radius 1 is 1.27 bits per heavy atom. The van der Waals surface area contributed by atoms with E-state index in [1.54, 1.807) is 18.7 Å². The van der Waals surface area contributed by atoms with Gasteiger partial charge in [0.2, 0.25) is 5.95 Å². The first-order valence-corrected chi connectivity index (χ1v) is 10.1. The Kier molecular flexibility index (Phi) is 6.71. The highest BCUT2D eigenvalue weighted by molar-refractivity contribution is 5.82. The molecule has 3 aromatic rings. The predicted molar refractivity (Wildman–Crippen MR) is 119 cm³/mol. The average molecular weight is 412 g/mol. The molecule has 0 unspecified atom stereocenters. The van der Waals surface area contributed by atoms with Crippen LogP contribution < -0.4 is 21.4 Å². The summed E-state index contributed by atoms with van der Waals surface area (Å²) < 4.78 is 8.31. The van der Waals surface area contributed by atoms with Crippen molar-refractivity contribution in [2.75, 3.05) is 12.5 Å². The molecule has 1 aromatic carbocycles. The number of fused-ring (bicyclic) bond motifs is 1. The molecule has 3 rings (SSSR count). The SMILES string of the molecule is CCCCC(C)=NNc1nc2c(c(=O)[nH]c(=O)n2C)n1CCc1ccc(OC)cc1. The lowest BCUT2D eigenvalue weighted by molar-refractivity contribution is 0.414. The van der Waals surface area contributed by atoms with Gasteiger partial charge in [-0.05, 0) is 43.9 Å². The van der Waals surface area contributed by atoms with E-state index in [9.17, 15) is 9.59 Å². The molecule has 160 valence electrons. The van der Waals surface area contributed by atoms with E-state index in [0.717, 1.165) is 36.3 Å². The molecule has 0 amide bonds. The van der Waals surface area contributed by atoms with Crippen LogP contribution in [0.1, 0.15) is 38.7 Å². The summed E-state index contributed by atoms with van der Waals surface area (Å²) in [7, 11) is 3.21. The van der Waals surface area contributed by atoms with Gasteiger partial charge in [0.05, 0.1) is 7.11 Å². The Hall–Kier alpha value is -3.36. The maximum absolute atomic E-state index is 12.6. The lowest BCUT2D eigenvalue weighted by Gasteiger charge is -2.09. The molecule has 0 radical (unpaired) electrons. The van der Waals surface area contributed by atoms with Gasteiger partial charge in [-0.1, -0.05) is 25.5 Å². The summed E-state index contributed by atoms with van der Waals surface area (Å²) in [6.45, 7) is 4.58. The fraction of sp³-hybridized carbons (Fsp3) is 0.429. The number of nitrogens with zero attached hydrogens (tertiary/aromatic N) is 4. The number of aryl methyl sites for hydroxylation is 3. The van der Waals surface area contributed by atoms with Gasteiger partial charge >= 0.3 is 5.69 Å². The van der Waals surface area contributed by atoms with E-state index in [4.69, 9.17) is 4.74 Å². The monoisotopic (exact) mass is 412 g/mol. The van der Waals surface area contributed by atoms with Crippen LogP contribution in [0.15, 0.2) is 39.0 Å². The maximum atomic E-state index is 12.6. The van der Waals surface area contributed by atoms with E-state index in [1.807, 2.05) is 31.2 Å². The highest BCUT2D eigenvalue weighted by Crippen LogP contribution is 2.18. The van der Waals surface area contributed by atoms with Gasteiger partial charge in [0.1, 0.15) is 5.75 Å². The van der Waals surface area contributed by atoms with Crippen molar-refractivity contribution in [2.24, 2.45) is 12.1 Å². The zero-order valence-electron chi connectivity index (χ0n) is 17.9. The zero-order chi connectivity index (χ0) is 21.7. The number of hydrogen-bond acceptors (Lipinski definition) is 6. The fourth-order valence-corrected chi connectivity index (χ4v) is 3.20. The number of hydrogen-bond donors (Lipinski definition) is 2. The van der Waals surface area contributed by atoms with Crippen molar-refractivity contribution in [3.8, 4) is 5.75 Å². The summed E-state index contributed by atoms with van der Waals surface area (Å²) in [6, 6.07) is 7.77. The van der Waals surface area contributed by atoms with Crippen molar-refractivity contribution in [1.29, 1.82) is 0 Å². The first kappa shape index (κ1) is 21.4. The second kappa shape index (κ2) is 9.43. The number of aromatic nitrogens is 4. The Morgan fingerprint density at radius 2 is 2.00 bits per heavy atom. The zero-order valence-corrected chi connectivity index (χ0v) is 17.9. The highest BCUT2D eigenvalue weighted by Gasteiger charge is 2.17. The summed E-state index contributed by atoms with van der Waals surface area (Å²) in [5, 5.41) is 4.41. The van der Waals surface area contributed by atoms with Crippen LogP contribution in [0, 0.1) is 0 Å². The number of benzene rings is 1. The van der Waals surface area contributed by atoms with Crippen LogP contribution in [0.5, 0.6) is 5.75 Å². The molecule has 30 heavy (non-hydrogen) atoms. The number of aromatic amines is 1. The summed E-state index contributed by atoms with van der Waals surface area (Å²) in [4.78, 5) is 31.4. The number of H-pyrrole nitrogens is 1. The van der Waals surface area contributed by atoms with Crippen LogP contribution in [0.4, 0.5) is 5.95 Å². The summed E-state index contributed by atoms with van der Waals surface area (Å²) >= 11 is 0. The number of anilines is 1. The molecule has 0 aliphatic rings. The number of methoxy groups -OCH3 is 1. The van der Waals surface area contributed by atoms with Crippen LogP contribution in [-0.4, -0.2) is 31.9 Å². The van der Waals surface area contributed by atoms with Gasteiger partial charge in [0.15, 0.2) is 11.2 Å². The van der Waals surface area contributed by atoms with Crippen LogP contribution >= 0.6 is 0 Å². The van der Waals surface area contributed by atoms with Gasteiger partial charge in [-0.2, -0.15) is 10.1 Å². The Balaban J connectivity index is 1.97. The van der Waals surface area contributed by atoms with Gasteiger partial charge in [-0.25, -0.2) is 10.2 Å². The maximum Gasteiger partial charge on any atom is 0.329 e. The van der Waals surface area contributed by atoms with Gasteiger partial charge in [0.25, 0.3) is 5.56 Å². The number of ether oxygens (including phenoxy) is 1. The Labute approximate surface area is 174 Å². The van der Waals surface area contributed by atoms with Crippen molar-refractivity contribution in [3.63, 3.8) is 0 Å². The van der Waals surface area contributed by atoms with E-state index in [2.05, 4.69) is 27.4 Å². The third-order valence-corrected chi connectivity index (χ3v) is 5.03. The third-order valence-electron chi connectivity index (χ3n) is 5.03. The van der Waals surface area contributed by atoms with E-state index >= 15 is 0 Å². The lowest BCUT2D eigenvalue weighted by atomic mass is 10.1. The minimum atomic E-state index is -0.499. The molecule has 2 aromatic heterocycles. The number of nitrogens with one attached hydrogen (secondary N) is 2. The molecule has 9 heteroatoms. The predicted octanol–water partition coefficient (Wildman–Crippen LogP) is 2.65.